The monoisotopic (exact) mass is 360 g/mol. The molecule has 2 aromatic heterocycles. The highest BCUT2D eigenvalue weighted by Gasteiger charge is 2.16. The minimum absolute atomic E-state index is 0.108. The Morgan fingerprint density at radius 2 is 2.00 bits per heavy atom. The molecule has 0 N–H and O–H groups in total. The Labute approximate surface area is 155 Å². The van der Waals surface area contributed by atoms with Crippen molar-refractivity contribution in [3.8, 4) is 17.1 Å². The molecule has 0 unspecified atom stereocenters. The number of nitrogens with zero attached hydrogens (tertiary/aromatic N) is 6. The van der Waals surface area contributed by atoms with Gasteiger partial charge in [0, 0.05) is 18.2 Å². The van der Waals surface area contributed by atoms with Gasteiger partial charge in [0.15, 0.2) is 0 Å². The Balaban J connectivity index is 1.51. The molecule has 1 amide bonds. The number of aromatic nitrogens is 5. The van der Waals surface area contributed by atoms with Crippen LogP contribution in [0.25, 0.3) is 17.1 Å². The van der Waals surface area contributed by atoms with Crippen LogP contribution in [-0.2, 0) is 6.54 Å². The van der Waals surface area contributed by atoms with E-state index < -0.39 is 0 Å². The molecule has 8 nitrogen and oxygen atoms in total. The van der Waals surface area contributed by atoms with E-state index in [2.05, 4.69) is 20.2 Å². The molecule has 4 aromatic rings. The molecule has 134 valence electrons. The van der Waals surface area contributed by atoms with Gasteiger partial charge in [-0.3, -0.25) is 4.79 Å². The Hall–Kier alpha value is -3.81. The summed E-state index contributed by atoms with van der Waals surface area (Å²) >= 11 is 0. The summed E-state index contributed by atoms with van der Waals surface area (Å²) in [6, 6.07) is 16.6. The van der Waals surface area contributed by atoms with E-state index in [1.165, 1.54) is 6.33 Å². The highest BCUT2D eigenvalue weighted by atomic mass is 16.5. The van der Waals surface area contributed by atoms with Crippen LogP contribution in [0.4, 0.5) is 0 Å². The van der Waals surface area contributed by atoms with Crippen molar-refractivity contribution in [1.29, 1.82) is 0 Å². The molecule has 0 spiro atoms. The maximum absolute atomic E-state index is 12.4. The smallest absolute Gasteiger partial charge is 0.254 e. The molecule has 8 heteroatoms. The van der Waals surface area contributed by atoms with E-state index >= 15 is 0 Å². The van der Waals surface area contributed by atoms with Crippen LogP contribution in [0.3, 0.4) is 0 Å². The summed E-state index contributed by atoms with van der Waals surface area (Å²) < 4.78 is 6.97. The van der Waals surface area contributed by atoms with Crippen molar-refractivity contribution >= 4 is 5.91 Å². The summed E-state index contributed by atoms with van der Waals surface area (Å²) in [5.41, 5.74) is 2.24. The first kappa shape index (κ1) is 16.6. The Kier molecular flexibility index (Phi) is 4.44. The van der Waals surface area contributed by atoms with Crippen molar-refractivity contribution in [3.63, 3.8) is 0 Å². The quantitative estimate of drug-likeness (QED) is 0.543. The van der Waals surface area contributed by atoms with Crippen molar-refractivity contribution in [2.75, 3.05) is 7.05 Å². The van der Waals surface area contributed by atoms with E-state index in [9.17, 15) is 4.79 Å². The molecule has 27 heavy (non-hydrogen) atoms. The van der Waals surface area contributed by atoms with Crippen molar-refractivity contribution in [2.24, 2.45) is 0 Å². The van der Waals surface area contributed by atoms with Crippen LogP contribution in [0.15, 0.2) is 71.8 Å². The molecular weight excluding hydrogens is 344 g/mol. The van der Waals surface area contributed by atoms with E-state index in [-0.39, 0.29) is 12.5 Å². The fourth-order valence-electron chi connectivity index (χ4n) is 2.64. The van der Waals surface area contributed by atoms with Crippen LogP contribution in [0, 0.1) is 0 Å². The zero-order valence-corrected chi connectivity index (χ0v) is 14.6. The van der Waals surface area contributed by atoms with E-state index in [1.54, 1.807) is 35.1 Å². The van der Waals surface area contributed by atoms with Crippen LogP contribution < -0.4 is 0 Å². The highest BCUT2D eigenvalue weighted by molar-refractivity contribution is 5.93. The summed E-state index contributed by atoms with van der Waals surface area (Å²) in [6.07, 6.45) is 3.09. The van der Waals surface area contributed by atoms with Crippen molar-refractivity contribution in [1.82, 2.24) is 29.8 Å². The van der Waals surface area contributed by atoms with E-state index in [4.69, 9.17) is 4.52 Å². The van der Waals surface area contributed by atoms with Gasteiger partial charge >= 0.3 is 0 Å². The first-order valence-electron chi connectivity index (χ1n) is 8.29. The average Bonchev–Trinajstić information content (AvgIpc) is 3.40. The molecule has 0 bridgehead atoms. The van der Waals surface area contributed by atoms with Gasteiger partial charge in [-0.2, -0.15) is 10.1 Å². The largest absolute Gasteiger partial charge is 0.337 e. The zero-order chi connectivity index (χ0) is 18.6. The lowest BCUT2D eigenvalue weighted by atomic mass is 10.2. The van der Waals surface area contributed by atoms with Crippen molar-refractivity contribution in [2.45, 2.75) is 6.54 Å². The van der Waals surface area contributed by atoms with Gasteiger partial charge < -0.3 is 9.42 Å². The number of rotatable bonds is 5. The Bertz CT molecular complexity index is 1040. The zero-order valence-electron chi connectivity index (χ0n) is 14.6. The minimum atomic E-state index is -0.108. The van der Waals surface area contributed by atoms with Crippen LogP contribution in [-0.4, -0.2) is 42.8 Å². The van der Waals surface area contributed by atoms with Crippen LogP contribution in [0.2, 0.25) is 0 Å². The van der Waals surface area contributed by atoms with Gasteiger partial charge in [0.2, 0.25) is 11.7 Å². The van der Waals surface area contributed by atoms with E-state index in [0.717, 1.165) is 11.3 Å². The molecular formula is C19H16N6O2. The highest BCUT2D eigenvalue weighted by Crippen LogP contribution is 2.19. The average molecular weight is 360 g/mol. The van der Waals surface area contributed by atoms with Gasteiger partial charge in [0.25, 0.3) is 5.91 Å². The van der Waals surface area contributed by atoms with Gasteiger partial charge in [-0.15, -0.1) is 0 Å². The molecule has 0 aliphatic heterocycles. The number of carbonyl (C=O) groups is 1. The van der Waals surface area contributed by atoms with E-state index in [0.29, 0.717) is 17.3 Å². The standard InChI is InChI=1S/C19H16N6O2/c1-24(19(26)14-6-3-2-4-7-14)11-17-22-18(23-27-17)15-8-5-9-16(10-15)25-13-20-12-21-25/h2-10,12-13H,11H2,1H3. The predicted molar refractivity (Wildman–Crippen MR) is 96.9 cm³/mol. The summed E-state index contributed by atoms with van der Waals surface area (Å²) in [7, 11) is 1.70. The third-order valence-electron chi connectivity index (χ3n) is 4.00. The lowest BCUT2D eigenvalue weighted by Gasteiger charge is -2.14. The lowest BCUT2D eigenvalue weighted by molar-refractivity contribution is 0.0769. The number of amides is 1. The van der Waals surface area contributed by atoms with Gasteiger partial charge in [-0.1, -0.05) is 35.5 Å². The summed E-state index contributed by atoms with van der Waals surface area (Å²) in [6.45, 7) is 0.226. The maximum atomic E-state index is 12.4. The van der Waals surface area contributed by atoms with Gasteiger partial charge in [0.1, 0.15) is 12.7 Å². The fourth-order valence-corrected chi connectivity index (χ4v) is 2.64. The third kappa shape index (κ3) is 3.59. The molecule has 0 aliphatic carbocycles. The number of benzene rings is 2. The Morgan fingerprint density at radius 3 is 2.78 bits per heavy atom. The topological polar surface area (TPSA) is 89.9 Å². The SMILES string of the molecule is CN(Cc1nc(-c2cccc(-n3cncn3)c2)no1)C(=O)c1ccccc1. The molecule has 4 rings (SSSR count). The molecule has 2 heterocycles. The molecule has 0 aliphatic rings. The molecule has 2 aromatic carbocycles. The molecule has 0 atom stereocenters. The van der Waals surface area contributed by atoms with Crippen LogP contribution >= 0.6 is 0 Å². The predicted octanol–water partition coefficient (Wildman–Crippen LogP) is 2.59. The van der Waals surface area contributed by atoms with Gasteiger partial charge in [0.05, 0.1) is 12.2 Å². The summed E-state index contributed by atoms with van der Waals surface area (Å²) in [5.74, 6) is 0.707. The second kappa shape index (κ2) is 7.20. The Morgan fingerprint density at radius 1 is 1.15 bits per heavy atom. The van der Waals surface area contributed by atoms with Crippen LogP contribution in [0.5, 0.6) is 0 Å². The molecule has 0 radical (unpaired) electrons. The summed E-state index contributed by atoms with van der Waals surface area (Å²) in [4.78, 5) is 22.3. The number of hydrogen-bond acceptors (Lipinski definition) is 6. The first-order valence-corrected chi connectivity index (χ1v) is 8.29. The lowest BCUT2D eigenvalue weighted by Crippen LogP contribution is -2.26. The number of hydrogen-bond donors (Lipinski definition) is 0. The van der Waals surface area contributed by atoms with Crippen molar-refractivity contribution < 1.29 is 9.32 Å². The molecule has 0 saturated heterocycles. The van der Waals surface area contributed by atoms with Gasteiger partial charge in [-0.05, 0) is 24.3 Å². The van der Waals surface area contributed by atoms with E-state index in [1.807, 2.05) is 42.5 Å². The molecule has 0 saturated carbocycles. The maximum Gasteiger partial charge on any atom is 0.254 e. The second-order valence-electron chi connectivity index (χ2n) is 5.93. The van der Waals surface area contributed by atoms with Gasteiger partial charge in [-0.25, -0.2) is 9.67 Å². The second-order valence-corrected chi connectivity index (χ2v) is 5.93. The normalized spacial score (nSPS) is 10.7. The first-order chi connectivity index (χ1) is 13.2. The van der Waals surface area contributed by atoms with Crippen molar-refractivity contribution in [3.05, 3.63) is 78.7 Å². The summed E-state index contributed by atoms with van der Waals surface area (Å²) in [5, 5.41) is 8.14. The van der Waals surface area contributed by atoms with Crippen LogP contribution in [0.1, 0.15) is 16.2 Å². The fraction of sp³-hybridized carbons (Fsp3) is 0.105. The minimum Gasteiger partial charge on any atom is -0.337 e. The number of carbonyl (C=O) groups excluding carboxylic acids is 1. The third-order valence-corrected chi connectivity index (χ3v) is 4.00. The molecule has 0 fully saturated rings.